The van der Waals surface area contributed by atoms with Crippen molar-refractivity contribution in [3.8, 4) is 17.2 Å². The van der Waals surface area contributed by atoms with Crippen LogP contribution in [0.25, 0.3) is 0 Å². The number of aromatic nitrogens is 2. The summed E-state index contributed by atoms with van der Waals surface area (Å²) in [6, 6.07) is 13.9. The van der Waals surface area contributed by atoms with Gasteiger partial charge in [0.15, 0.2) is 5.78 Å². The number of ether oxygens (including phenoxy) is 3. The lowest BCUT2D eigenvalue weighted by molar-refractivity contribution is 0.0961. The highest BCUT2D eigenvalue weighted by molar-refractivity contribution is 5.99. The molecule has 2 aliphatic rings. The van der Waals surface area contributed by atoms with Crippen LogP contribution in [0.1, 0.15) is 39.6 Å². The maximum atomic E-state index is 13.2. The van der Waals surface area contributed by atoms with Crippen LogP contribution in [0.4, 0.5) is 11.6 Å². The minimum atomic E-state index is -0.0000690. The van der Waals surface area contributed by atoms with Gasteiger partial charge in [-0.2, -0.15) is 0 Å². The summed E-state index contributed by atoms with van der Waals surface area (Å²) in [5.41, 5.74) is 4.45. The molecule has 36 heavy (non-hydrogen) atoms. The number of Topliss-reactive ketones (excluding diaryl/α,β-unsaturated/α-hetero) is 1. The smallest absolute Gasteiger partial charge is 0.225 e. The Morgan fingerprint density at radius 3 is 2.14 bits per heavy atom. The molecule has 0 spiro atoms. The van der Waals surface area contributed by atoms with Crippen molar-refractivity contribution in [1.29, 1.82) is 0 Å². The fraction of sp³-hybridized carbons (Fsp3) is 0.393. The van der Waals surface area contributed by atoms with Gasteiger partial charge >= 0.3 is 0 Å². The molecule has 0 amide bonds. The standard InChI is InChI=1S/C28H32N4O4/c1-18-27-24(15-19(16-25(27)33)23-10-9-22(35-3)17-26(23)36-4)30-28(29-18)32-13-11-31(12-14-32)20-5-7-21(34-2)8-6-20/h5-10,17,19H,11-16H2,1-4H3/t19-/m0/s1. The number of ketones is 1. The zero-order chi connectivity index (χ0) is 25.2. The van der Waals surface area contributed by atoms with Gasteiger partial charge < -0.3 is 24.0 Å². The van der Waals surface area contributed by atoms with Crippen LogP contribution < -0.4 is 24.0 Å². The molecule has 1 aromatic heterocycles. The molecule has 1 aliphatic carbocycles. The molecule has 8 heteroatoms. The minimum absolute atomic E-state index is 0.0000690. The quantitative estimate of drug-likeness (QED) is 0.514. The molecule has 5 rings (SSSR count). The number of anilines is 2. The summed E-state index contributed by atoms with van der Waals surface area (Å²) in [6.07, 6.45) is 1.09. The highest BCUT2D eigenvalue weighted by Gasteiger charge is 2.32. The average molecular weight is 489 g/mol. The zero-order valence-electron chi connectivity index (χ0n) is 21.3. The lowest BCUT2D eigenvalue weighted by Crippen LogP contribution is -2.47. The Kier molecular flexibility index (Phi) is 6.67. The van der Waals surface area contributed by atoms with Crippen LogP contribution >= 0.6 is 0 Å². The second kappa shape index (κ2) is 10.0. The highest BCUT2D eigenvalue weighted by atomic mass is 16.5. The molecule has 1 fully saturated rings. The summed E-state index contributed by atoms with van der Waals surface area (Å²) in [6.45, 7) is 5.29. The first kappa shape index (κ1) is 23.9. The van der Waals surface area contributed by atoms with Gasteiger partial charge in [0.2, 0.25) is 5.95 Å². The number of aryl methyl sites for hydroxylation is 1. The molecule has 0 saturated carbocycles. The Bertz CT molecular complexity index is 1250. The second-order valence-electron chi connectivity index (χ2n) is 9.24. The number of piperazine rings is 1. The summed E-state index contributed by atoms with van der Waals surface area (Å²) in [5, 5.41) is 0. The Morgan fingerprint density at radius 2 is 1.47 bits per heavy atom. The number of carbonyl (C=O) groups is 1. The molecule has 1 atom stereocenters. The lowest BCUT2D eigenvalue weighted by atomic mass is 9.81. The molecule has 8 nitrogen and oxygen atoms in total. The molecule has 1 aliphatic heterocycles. The van der Waals surface area contributed by atoms with E-state index in [9.17, 15) is 4.79 Å². The van der Waals surface area contributed by atoms with E-state index in [2.05, 4.69) is 21.9 Å². The normalized spacial score (nSPS) is 17.6. The van der Waals surface area contributed by atoms with Crippen molar-refractivity contribution >= 4 is 17.4 Å². The van der Waals surface area contributed by atoms with E-state index in [1.165, 1.54) is 5.69 Å². The summed E-state index contributed by atoms with van der Waals surface area (Å²) in [7, 11) is 4.96. The minimum Gasteiger partial charge on any atom is -0.497 e. The van der Waals surface area contributed by atoms with Crippen LogP contribution in [0.3, 0.4) is 0 Å². The fourth-order valence-electron chi connectivity index (χ4n) is 5.23. The van der Waals surface area contributed by atoms with Crippen molar-refractivity contribution in [1.82, 2.24) is 9.97 Å². The van der Waals surface area contributed by atoms with E-state index in [1.54, 1.807) is 21.3 Å². The number of fused-ring (bicyclic) bond motifs is 1. The van der Waals surface area contributed by atoms with Crippen molar-refractivity contribution in [2.75, 3.05) is 57.3 Å². The van der Waals surface area contributed by atoms with Gasteiger partial charge in [0.1, 0.15) is 17.2 Å². The van der Waals surface area contributed by atoms with E-state index < -0.39 is 0 Å². The van der Waals surface area contributed by atoms with E-state index in [0.717, 1.165) is 60.4 Å². The first-order valence-electron chi connectivity index (χ1n) is 12.3. The predicted octanol–water partition coefficient (Wildman–Crippen LogP) is 4.05. The van der Waals surface area contributed by atoms with Crippen LogP contribution in [-0.4, -0.2) is 63.3 Å². The predicted molar refractivity (Wildman–Crippen MR) is 139 cm³/mol. The van der Waals surface area contributed by atoms with Gasteiger partial charge in [0, 0.05) is 50.3 Å². The topological polar surface area (TPSA) is 77.0 Å². The monoisotopic (exact) mass is 488 g/mol. The van der Waals surface area contributed by atoms with Crippen LogP contribution in [-0.2, 0) is 6.42 Å². The van der Waals surface area contributed by atoms with Crippen molar-refractivity contribution in [3.63, 3.8) is 0 Å². The summed E-state index contributed by atoms with van der Waals surface area (Å²) >= 11 is 0. The zero-order valence-corrected chi connectivity index (χ0v) is 21.3. The molecular weight excluding hydrogens is 456 g/mol. The number of methoxy groups -OCH3 is 3. The van der Waals surface area contributed by atoms with E-state index >= 15 is 0 Å². The van der Waals surface area contributed by atoms with Crippen LogP contribution in [0, 0.1) is 6.92 Å². The molecule has 3 aromatic rings. The SMILES string of the molecule is COc1ccc(N2CCN(c3nc(C)c4c(n3)C[C@H](c3ccc(OC)cc3OC)CC4=O)CC2)cc1. The van der Waals surface area contributed by atoms with Crippen molar-refractivity contribution in [2.45, 2.75) is 25.7 Å². The van der Waals surface area contributed by atoms with Crippen molar-refractivity contribution < 1.29 is 19.0 Å². The molecule has 0 unspecified atom stereocenters. The Balaban J connectivity index is 1.35. The Labute approximate surface area is 211 Å². The van der Waals surface area contributed by atoms with Gasteiger partial charge in [-0.3, -0.25) is 4.79 Å². The van der Waals surface area contributed by atoms with Gasteiger partial charge in [-0.15, -0.1) is 0 Å². The number of rotatable bonds is 6. The van der Waals surface area contributed by atoms with Crippen LogP contribution in [0.5, 0.6) is 17.2 Å². The number of hydrogen-bond donors (Lipinski definition) is 0. The molecule has 188 valence electrons. The van der Waals surface area contributed by atoms with Gasteiger partial charge in [0.05, 0.1) is 38.3 Å². The van der Waals surface area contributed by atoms with E-state index in [1.807, 2.05) is 37.3 Å². The van der Waals surface area contributed by atoms with Crippen LogP contribution in [0.15, 0.2) is 42.5 Å². The fourth-order valence-corrected chi connectivity index (χ4v) is 5.23. The van der Waals surface area contributed by atoms with Gasteiger partial charge in [-0.1, -0.05) is 6.07 Å². The lowest BCUT2D eigenvalue weighted by Gasteiger charge is -2.36. The first-order chi connectivity index (χ1) is 17.5. The van der Waals surface area contributed by atoms with Gasteiger partial charge in [-0.05, 0) is 49.2 Å². The van der Waals surface area contributed by atoms with Crippen LogP contribution in [0.2, 0.25) is 0 Å². The number of hydrogen-bond acceptors (Lipinski definition) is 8. The third-order valence-corrected chi connectivity index (χ3v) is 7.18. The van der Waals surface area contributed by atoms with Gasteiger partial charge in [0.25, 0.3) is 0 Å². The molecule has 2 aromatic carbocycles. The molecular formula is C28H32N4O4. The maximum absolute atomic E-state index is 13.2. The number of carbonyl (C=O) groups excluding carboxylic acids is 1. The second-order valence-corrected chi connectivity index (χ2v) is 9.24. The number of nitrogens with zero attached hydrogens (tertiary/aromatic N) is 4. The summed E-state index contributed by atoms with van der Waals surface area (Å²) in [4.78, 5) is 27.4. The van der Waals surface area contributed by atoms with E-state index in [-0.39, 0.29) is 11.7 Å². The highest BCUT2D eigenvalue weighted by Crippen LogP contribution is 2.39. The van der Waals surface area contributed by atoms with Gasteiger partial charge in [-0.25, -0.2) is 9.97 Å². The third-order valence-electron chi connectivity index (χ3n) is 7.18. The van der Waals surface area contributed by atoms with E-state index in [0.29, 0.717) is 24.4 Å². The van der Waals surface area contributed by atoms with Crippen molar-refractivity contribution in [2.24, 2.45) is 0 Å². The summed E-state index contributed by atoms with van der Waals surface area (Å²) < 4.78 is 16.2. The Morgan fingerprint density at radius 1 is 0.806 bits per heavy atom. The molecule has 0 radical (unpaired) electrons. The molecule has 0 bridgehead atoms. The molecule has 1 saturated heterocycles. The van der Waals surface area contributed by atoms with Crippen molar-refractivity contribution in [3.05, 3.63) is 65.0 Å². The molecule has 0 N–H and O–H groups in total. The van der Waals surface area contributed by atoms with E-state index in [4.69, 9.17) is 24.2 Å². The molecule has 2 heterocycles. The Hall–Kier alpha value is -3.81. The average Bonchev–Trinajstić information content (AvgIpc) is 2.92. The third kappa shape index (κ3) is 4.55. The largest absolute Gasteiger partial charge is 0.497 e. The maximum Gasteiger partial charge on any atom is 0.225 e. The summed E-state index contributed by atoms with van der Waals surface area (Å²) in [5.74, 6) is 3.11. The number of benzene rings is 2. The first-order valence-corrected chi connectivity index (χ1v) is 12.3.